The van der Waals surface area contributed by atoms with Crippen LogP contribution in [0.3, 0.4) is 0 Å². The maximum absolute atomic E-state index is 6.37. The molecule has 0 fully saturated rings. The average Bonchev–Trinajstić information content (AvgIpc) is 4.06. The van der Waals surface area contributed by atoms with Crippen molar-refractivity contribution >= 4 is 94.6 Å². The Balaban J connectivity index is 1.05. The lowest BCUT2D eigenvalue weighted by Crippen LogP contribution is -2.74. The van der Waals surface area contributed by atoms with Gasteiger partial charge in [-0.05, 0) is 81.4 Å². The van der Waals surface area contributed by atoms with Crippen LogP contribution in [-0.2, 0) is 0 Å². The molecule has 0 saturated carbocycles. The zero-order chi connectivity index (χ0) is 42.2. The number of hydrogen-bond acceptors (Lipinski definition) is 6. The van der Waals surface area contributed by atoms with Gasteiger partial charge in [0.15, 0.2) is 25.5 Å². The minimum Gasteiger partial charge on any atom is -0.456 e. The number of hydrogen-bond donors (Lipinski definition) is 0. The van der Waals surface area contributed by atoms with E-state index >= 15 is 0 Å². The van der Waals surface area contributed by atoms with Crippen molar-refractivity contribution in [3.05, 3.63) is 212 Å². The van der Waals surface area contributed by atoms with E-state index in [4.69, 9.17) is 28.2 Å². The van der Waals surface area contributed by atoms with Gasteiger partial charge < -0.3 is 13.3 Å². The predicted octanol–water partition coefficient (Wildman–Crippen LogP) is 11.9. The summed E-state index contributed by atoms with van der Waals surface area (Å²) in [7, 11) is -3.03. The van der Waals surface area contributed by atoms with Crippen LogP contribution in [0.25, 0.3) is 100.0 Å². The van der Waals surface area contributed by atoms with Crippen LogP contribution in [0.1, 0.15) is 0 Å². The fraction of sp³-hybridized carbons (Fsp3) is 0. The van der Waals surface area contributed by atoms with Crippen LogP contribution in [0.2, 0.25) is 0 Å². The average molecular weight is 838 g/mol. The van der Waals surface area contributed by atoms with Crippen molar-refractivity contribution in [1.29, 1.82) is 0 Å². The Hall–Kier alpha value is -8.39. The fourth-order valence-electron chi connectivity index (χ4n) is 9.72. The molecule has 0 atom stereocenters. The van der Waals surface area contributed by atoms with Gasteiger partial charge in [0.1, 0.15) is 33.5 Å². The largest absolute Gasteiger partial charge is 0.456 e. The van der Waals surface area contributed by atoms with Crippen LogP contribution in [0.15, 0.2) is 226 Å². The number of benzene rings is 9. The molecular weight excluding hydrogens is 803 g/mol. The summed E-state index contributed by atoms with van der Waals surface area (Å²) in [6.45, 7) is 0. The van der Waals surface area contributed by atoms with Gasteiger partial charge in [-0.1, -0.05) is 152 Å². The number of fused-ring (bicyclic) bond motifs is 9. The van der Waals surface area contributed by atoms with Crippen LogP contribution in [0.5, 0.6) is 0 Å². The van der Waals surface area contributed by atoms with Gasteiger partial charge in [0.25, 0.3) is 0 Å². The minimum atomic E-state index is -3.03. The Labute approximate surface area is 367 Å². The van der Waals surface area contributed by atoms with Crippen molar-refractivity contribution in [2.75, 3.05) is 0 Å². The molecule has 6 nitrogen and oxygen atoms in total. The standard InChI is InChI=1S/C57H35N3O3Si/c1-3-15-39(16-4-1)64(40-17-5-2-6-18-40,42-28-31-54-48(35-42)45-22-9-12-25-51(45)63-54)41-19-13-14-36(32-41)55-58-56(37-26-29-52-46(33-37)43-20-7-10-23-49(43)61-52)60-57(59-55)38-27-30-53-47(34-38)44-21-8-11-24-50(44)62-53/h1-35H. The van der Waals surface area contributed by atoms with E-state index in [9.17, 15) is 0 Å². The molecule has 9 aromatic carbocycles. The highest BCUT2D eigenvalue weighted by Gasteiger charge is 2.42. The van der Waals surface area contributed by atoms with Crippen molar-refractivity contribution < 1.29 is 13.3 Å². The lowest BCUT2D eigenvalue weighted by atomic mass is 10.1. The first-order valence-electron chi connectivity index (χ1n) is 21.4. The zero-order valence-corrected chi connectivity index (χ0v) is 35.3. The van der Waals surface area contributed by atoms with Crippen LogP contribution in [0, 0.1) is 0 Å². The van der Waals surface area contributed by atoms with Gasteiger partial charge in [-0.3, -0.25) is 0 Å². The maximum Gasteiger partial charge on any atom is 0.179 e. The maximum atomic E-state index is 6.37. The number of nitrogens with zero attached hydrogens (tertiary/aromatic N) is 3. The molecule has 0 saturated heterocycles. The summed E-state index contributed by atoms with van der Waals surface area (Å²) in [6, 6.07) is 74.5. The van der Waals surface area contributed by atoms with Gasteiger partial charge in [-0.2, -0.15) is 0 Å². The minimum absolute atomic E-state index is 0.571. The molecular formula is C57H35N3O3Si. The van der Waals surface area contributed by atoms with E-state index in [2.05, 4.69) is 140 Å². The molecule has 0 bridgehead atoms. The summed E-state index contributed by atoms with van der Waals surface area (Å²) >= 11 is 0. The summed E-state index contributed by atoms with van der Waals surface area (Å²) in [5.41, 5.74) is 7.69. The number of para-hydroxylation sites is 3. The first-order chi connectivity index (χ1) is 31.7. The lowest BCUT2D eigenvalue weighted by molar-refractivity contribution is 0.668. The summed E-state index contributed by atoms with van der Waals surface area (Å²) in [6.07, 6.45) is 0. The SMILES string of the molecule is c1ccc([Si](c2ccccc2)(c2cccc(-c3nc(-c4ccc5oc6ccccc6c5c4)nc(-c4ccc5oc6ccccc6c5c4)n3)c2)c2ccc3oc4ccccc4c3c2)cc1. The Morgan fingerprint density at radius 1 is 0.250 bits per heavy atom. The molecule has 0 N–H and O–H groups in total. The summed E-state index contributed by atoms with van der Waals surface area (Å²) < 4.78 is 18.8. The van der Waals surface area contributed by atoms with E-state index in [1.54, 1.807) is 0 Å². The molecule has 0 amide bonds. The van der Waals surface area contributed by atoms with E-state index in [-0.39, 0.29) is 0 Å². The van der Waals surface area contributed by atoms with Crippen LogP contribution >= 0.6 is 0 Å². The summed E-state index contributed by atoms with van der Waals surface area (Å²) in [5.74, 6) is 1.72. The highest BCUT2D eigenvalue weighted by molar-refractivity contribution is 7.20. The van der Waals surface area contributed by atoms with Gasteiger partial charge in [0, 0.05) is 49.0 Å². The van der Waals surface area contributed by atoms with Gasteiger partial charge in [0.05, 0.1) is 0 Å². The van der Waals surface area contributed by atoms with Crippen LogP contribution in [0.4, 0.5) is 0 Å². The quantitative estimate of drug-likeness (QED) is 0.118. The van der Waals surface area contributed by atoms with Crippen LogP contribution < -0.4 is 20.7 Å². The molecule has 0 radical (unpaired) electrons. The topological polar surface area (TPSA) is 78.1 Å². The lowest BCUT2D eigenvalue weighted by Gasteiger charge is -2.34. The molecule has 64 heavy (non-hydrogen) atoms. The van der Waals surface area contributed by atoms with Gasteiger partial charge in [-0.25, -0.2) is 15.0 Å². The molecule has 0 aliphatic heterocycles. The smallest absolute Gasteiger partial charge is 0.179 e. The third-order valence-corrected chi connectivity index (χ3v) is 17.4. The second-order valence-electron chi connectivity index (χ2n) is 16.3. The highest BCUT2D eigenvalue weighted by Crippen LogP contribution is 2.35. The van der Waals surface area contributed by atoms with E-state index in [0.717, 1.165) is 82.5 Å². The Bertz CT molecular complexity index is 3760. The first-order valence-corrected chi connectivity index (χ1v) is 23.4. The molecule has 4 heterocycles. The van der Waals surface area contributed by atoms with Crippen molar-refractivity contribution in [1.82, 2.24) is 15.0 Å². The summed E-state index contributed by atoms with van der Waals surface area (Å²) in [5, 5.41) is 11.3. The molecule has 0 spiro atoms. The number of furan rings is 3. The second-order valence-corrected chi connectivity index (χ2v) is 20.1. The van der Waals surface area contributed by atoms with Gasteiger partial charge in [0.2, 0.25) is 0 Å². The van der Waals surface area contributed by atoms with Crippen molar-refractivity contribution in [2.24, 2.45) is 0 Å². The molecule has 13 rings (SSSR count). The van der Waals surface area contributed by atoms with Crippen molar-refractivity contribution in [3.8, 4) is 34.2 Å². The van der Waals surface area contributed by atoms with Crippen LogP contribution in [-0.4, -0.2) is 23.0 Å². The molecule has 0 aliphatic rings. The monoisotopic (exact) mass is 837 g/mol. The third kappa shape index (κ3) is 5.68. The number of aromatic nitrogens is 3. The van der Waals surface area contributed by atoms with Gasteiger partial charge >= 0.3 is 0 Å². The predicted molar refractivity (Wildman–Crippen MR) is 262 cm³/mol. The Morgan fingerprint density at radius 2 is 0.609 bits per heavy atom. The molecule has 4 aromatic heterocycles. The zero-order valence-electron chi connectivity index (χ0n) is 34.3. The fourth-order valence-corrected chi connectivity index (χ4v) is 14.5. The van der Waals surface area contributed by atoms with Crippen molar-refractivity contribution in [3.63, 3.8) is 0 Å². The second kappa shape index (κ2) is 14.3. The molecule has 13 aromatic rings. The normalized spacial score (nSPS) is 12.1. The molecule has 0 aliphatic carbocycles. The number of rotatable bonds is 7. The third-order valence-electron chi connectivity index (χ3n) is 12.7. The van der Waals surface area contributed by atoms with Crippen molar-refractivity contribution in [2.45, 2.75) is 0 Å². The van der Waals surface area contributed by atoms with E-state index in [1.165, 1.54) is 20.7 Å². The Kier molecular flexibility index (Phi) is 8.13. The molecule has 300 valence electrons. The first kappa shape index (κ1) is 36.3. The van der Waals surface area contributed by atoms with E-state index in [1.807, 2.05) is 72.8 Å². The van der Waals surface area contributed by atoms with Gasteiger partial charge in [-0.15, -0.1) is 0 Å². The Morgan fingerprint density at radius 3 is 1.09 bits per heavy atom. The molecule has 0 unspecified atom stereocenters. The van der Waals surface area contributed by atoms with E-state index < -0.39 is 8.07 Å². The van der Waals surface area contributed by atoms with E-state index in [0.29, 0.717) is 17.5 Å². The summed E-state index contributed by atoms with van der Waals surface area (Å²) in [4.78, 5) is 15.8. The highest BCUT2D eigenvalue weighted by atomic mass is 28.3. The molecule has 7 heteroatoms.